The number of likely N-dealkylation sites (N-methyl/N-ethyl adjacent to an activating group) is 1. The molecule has 0 bridgehead atoms. The molecule has 0 unspecified atom stereocenters. The number of fused-ring (bicyclic) bond motifs is 1. The third-order valence-electron chi connectivity index (χ3n) is 3.65. The Hall–Kier alpha value is -1.55. The highest BCUT2D eigenvalue weighted by molar-refractivity contribution is 5.99. The topological polar surface area (TPSA) is 35.6 Å². The van der Waals surface area contributed by atoms with Gasteiger partial charge in [0.25, 0.3) is 5.91 Å². The van der Waals surface area contributed by atoms with Crippen molar-refractivity contribution in [3.05, 3.63) is 29.3 Å². The van der Waals surface area contributed by atoms with Gasteiger partial charge in [-0.2, -0.15) is 0 Å². The molecule has 1 N–H and O–H groups in total. The van der Waals surface area contributed by atoms with Crippen molar-refractivity contribution in [1.29, 1.82) is 0 Å². The molecule has 90 valence electrons. The molecule has 4 nitrogen and oxygen atoms in total. The first-order valence-electron chi connectivity index (χ1n) is 6.08. The van der Waals surface area contributed by atoms with Crippen LogP contribution in [0, 0.1) is 0 Å². The first-order chi connectivity index (χ1) is 8.24. The summed E-state index contributed by atoms with van der Waals surface area (Å²) in [5.41, 5.74) is 3.14. The van der Waals surface area contributed by atoms with E-state index in [4.69, 9.17) is 0 Å². The first-order valence-corrected chi connectivity index (χ1v) is 6.08. The smallest absolute Gasteiger partial charge is 0.251 e. The molecule has 1 aromatic rings. The standard InChI is InChI=1S/C13H17N3O/c1-15-4-6-16(7-5-15)11-3-2-10-9-14-13(17)12(10)8-11/h2-3,8H,4-7,9H2,1H3,(H,14,17). The van der Waals surface area contributed by atoms with Gasteiger partial charge >= 0.3 is 0 Å². The van der Waals surface area contributed by atoms with Crippen molar-refractivity contribution in [3.63, 3.8) is 0 Å². The molecule has 0 saturated carbocycles. The van der Waals surface area contributed by atoms with Crippen molar-refractivity contribution in [3.8, 4) is 0 Å². The van der Waals surface area contributed by atoms with Crippen LogP contribution in [0.15, 0.2) is 18.2 Å². The molecule has 0 radical (unpaired) electrons. The van der Waals surface area contributed by atoms with Crippen LogP contribution in [0.2, 0.25) is 0 Å². The molecule has 4 heteroatoms. The lowest BCUT2D eigenvalue weighted by atomic mass is 10.1. The number of carbonyl (C=O) groups is 1. The highest BCUT2D eigenvalue weighted by atomic mass is 16.1. The molecule has 2 heterocycles. The largest absolute Gasteiger partial charge is 0.369 e. The van der Waals surface area contributed by atoms with Gasteiger partial charge < -0.3 is 15.1 Å². The van der Waals surface area contributed by atoms with Gasteiger partial charge in [-0.1, -0.05) is 6.07 Å². The predicted molar refractivity (Wildman–Crippen MR) is 67.3 cm³/mol. The van der Waals surface area contributed by atoms with Gasteiger partial charge in [-0.25, -0.2) is 0 Å². The molecular weight excluding hydrogens is 214 g/mol. The Morgan fingerprint density at radius 1 is 1.18 bits per heavy atom. The van der Waals surface area contributed by atoms with Gasteiger partial charge in [0.05, 0.1) is 0 Å². The molecule has 3 rings (SSSR count). The van der Waals surface area contributed by atoms with Crippen LogP contribution in [0.4, 0.5) is 5.69 Å². The normalized spacial score (nSPS) is 20.3. The van der Waals surface area contributed by atoms with Crippen molar-refractivity contribution in [2.75, 3.05) is 38.1 Å². The van der Waals surface area contributed by atoms with Gasteiger partial charge in [-0.15, -0.1) is 0 Å². The molecule has 0 aliphatic carbocycles. The molecule has 1 amide bonds. The number of amides is 1. The Morgan fingerprint density at radius 2 is 1.94 bits per heavy atom. The Morgan fingerprint density at radius 3 is 2.71 bits per heavy atom. The average Bonchev–Trinajstić information content (AvgIpc) is 2.72. The second-order valence-electron chi connectivity index (χ2n) is 4.81. The van der Waals surface area contributed by atoms with Crippen molar-refractivity contribution < 1.29 is 4.79 Å². The summed E-state index contributed by atoms with van der Waals surface area (Å²) in [4.78, 5) is 16.3. The second kappa shape index (κ2) is 4.04. The predicted octanol–water partition coefficient (Wildman–Crippen LogP) is 0.682. The number of hydrogen-bond donors (Lipinski definition) is 1. The van der Waals surface area contributed by atoms with E-state index in [2.05, 4.69) is 34.3 Å². The minimum absolute atomic E-state index is 0.0657. The Labute approximate surface area is 101 Å². The zero-order valence-corrected chi connectivity index (χ0v) is 10.1. The van der Waals surface area contributed by atoms with E-state index >= 15 is 0 Å². The molecule has 0 atom stereocenters. The number of piperazine rings is 1. The van der Waals surface area contributed by atoms with Crippen LogP contribution in [0.5, 0.6) is 0 Å². The Kier molecular flexibility index (Phi) is 2.52. The first kappa shape index (κ1) is 10.6. The Balaban J connectivity index is 1.84. The van der Waals surface area contributed by atoms with Crippen molar-refractivity contribution in [1.82, 2.24) is 10.2 Å². The van der Waals surface area contributed by atoms with Crippen LogP contribution in [0.1, 0.15) is 15.9 Å². The van der Waals surface area contributed by atoms with Crippen molar-refractivity contribution in [2.24, 2.45) is 0 Å². The summed E-state index contributed by atoms with van der Waals surface area (Å²) in [7, 11) is 2.15. The van der Waals surface area contributed by atoms with E-state index in [9.17, 15) is 4.79 Å². The summed E-state index contributed by atoms with van der Waals surface area (Å²) < 4.78 is 0. The van der Waals surface area contributed by atoms with E-state index in [0.717, 1.165) is 37.3 Å². The van der Waals surface area contributed by atoms with Crippen LogP contribution >= 0.6 is 0 Å². The fourth-order valence-electron chi connectivity index (χ4n) is 2.46. The summed E-state index contributed by atoms with van der Waals surface area (Å²) in [6, 6.07) is 6.23. The van der Waals surface area contributed by atoms with Gasteiger partial charge in [-0.3, -0.25) is 4.79 Å². The zero-order chi connectivity index (χ0) is 11.8. The summed E-state index contributed by atoms with van der Waals surface area (Å²) in [6.07, 6.45) is 0. The monoisotopic (exact) mass is 231 g/mol. The zero-order valence-electron chi connectivity index (χ0n) is 10.1. The van der Waals surface area contributed by atoms with Crippen LogP contribution in [-0.2, 0) is 6.54 Å². The fourth-order valence-corrected chi connectivity index (χ4v) is 2.46. The highest BCUT2D eigenvalue weighted by Gasteiger charge is 2.21. The molecule has 0 spiro atoms. The molecule has 1 aromatic carbocycles. The summed E-state index contributed by atoms with van der Waals surface area (Å²) in [5.74, 6) is 0.0657. The van der Waals surface area contributed by atoms with Gasteiger partial charge in [-0.05, 0) is 24.7 Å². The third kappa shape index (κ3) is 1.89. The highest BCUT2D eigenvalue weighted by Crippen LogP contribution is 2.23. The van der Waals surface area contributed by atoms with Gasteiger partial charge in [0.15, 0.2) is 0 Å². The molecule has 17 heavy (non-hydrogen) atoms. The quantitative estimate of drug-likeness (QED) is 0.772. The van der Waals surface area contributed by atoms with E-state index in [0.29, 0.717) is 6.54 Å². The van der Waals surface area contributed by atoms with Gasteiger partial charge in [0.2, 0.25) is 0 Å². The maximum Gasteiger partial charge on any atom is 0.251 e. The summed E-state index contributed by atoms with van der Waals surface area (Å²) in [6.45, 7) is 4.93. The molecule has 2 aliphatic rings. The number of carbonyl (C=O) groups excluding carboxylic acids is 1. The van der Waals surface area contributed by atoms with Crippen LogP contribution in [0.3, 0.4) is 0 Å². The van der Waals surface area contributed by atoms with Crippen LogP contribution in [0.25, 0.3) is 0 Å². The lowest BCUT2D eigenvalue weighted by molar-refractivity contribution is 0.0966. The fraction of sp³-hybridized carbons (Fsp3) is 0.462. The second-order valence-corrected chi connectivity index (χ2v) is 4.81. The van der Waals surface area contributed by atoms with Crippen LogP contribution in [-0.4, -0.2) is 44.0 Å². The Bertz CT molecular complexity index is 450. The van der Waals surface area contributed by atoms with E-state index in [1.54, 1.807) is 0 Å². The summed E-state index contributed by atoms with van der Waals surface area (Å²) in [5, 5.41) is 2.86. The van der Waals surface area contributed by atoms with E-state index in [1.165, 1.54) is 5.69 Å². The molecule has 1 saturated heterocycles. The average molecular weight is 231 g/mol. The number of nitrogens with zero attached hydrogens (tertiary/aromatic N) is 2. The number of benzene rings is 1. The number of anilines is 1. The van der Waals surface area contributed by atoms with Gasteiger partial charge in [0, 0.05) is 44.0 Å². The number of hydrogen-bond acceptors (Lipinski definition) is 3. The molecule has 1 fully saturated rings. The molecule has 2 aliphatic heterocycles. The molecular formula is C13H17N3O. The third-order valence-corrected chi connectivity index (χ3v) is 3.65. The minimum atomic E-state index is 0.0657. The number of rotatable bonds is 1. The van der Waals surface area contributed by atoms with E-state index < -0.39 is 0 Å². The lowest BCUT2D eigenvalue weighted by Crippen LogP contribution is -2.44. The van der Waals surface area contributed by atoms with E-state index in [1.807, 2.05) is 6.07 Å². The molecule has 0 aromatic heterocycles. The van der Waals surface area contributed by atoms with Crippen molar-refractivity contribution >= 4 is 11.6 Å². The SMILES string of the molecule is CN1CCN(c2ccc3c(c2)C(=O)NC3)CC1. The van der Waals surface area contributed by atoms with Crippen LogP contribution < -0.4 is 10.2 Å². The maximum absolute atomic E-state index is 11.6. The lowest BCUT2D eigenvalue weighted by Gasteiger charge is -2.34. The van der Waals surface area contributed by atoms with E-state index in [-0.39, 0.29) is 5.91 Å². The minimum Gasteiger partial charge on any atom is -0.369 e. The number of nitrogens with one attached hydrogen (secondary N) is 1. The summed E-state index contributed by atoms with van der Waals surface area (Å²) >= 11 is 0. The maximum atomic E-state index is 11.6. The van der Waals surface area contributed by atoms with Gasteiger partial charge in [0.1, 0.15) is 0 Å². The van der Waals surface area contributed by atoms with Crippen molar-refractivity contribution in [2.45, 2.75) is 6.54 Å².